The number of anilines is 1. The van der Waals surface area contributed by atoms with Gasteiger partial charge in [0.2, 0.25) is 0 Å². The lowest BCUT2D eigenvalue weighted by atomic mass is 10.1. The van der Waals surface area contributed by atoms with E-state index in [1.165, 1.54) is 6.07 Å². The molecular weight excluding hydrogens is 251 g/mol. The summed E-state index contributed by atoms with van der Waals surface area (Å²) in [7, 11) is 0. The van der Waals surface area contributed by atoms with Crippen LogP contribution in [0.3, 0.4) is 0 Å². The molecule has 0 unspecified atom stereocenters. The number of alkyl halides is 2. The molecule has 0 amide bonds. The van der Waals surface area contributed by atoms with E-state index in [1.807, 2.05) is 0 Å². The van der Waals surface area contributed by atoms with Gasteiger partial charge >= 0.3 is 12.6 Å². The molecule has 4 nitrogen and oxygen atoms in total. The van der Waals surface area contributed by atoms with E-state index in [9.17, 15) is 18.0 Å². The first-order chi connectivity index (χ1) is 8.45. The summed E-state index contributed by atoms with van der Waals surface area (Å²) >= 11 is 0. The highest BCUT2D eigenvalue weighted by molar-refractivity contribution is 5.76. The molecule has 0 bridgehead atoms. The standard InChI is InChI=1S/C11H12F3NO3/c1-2-17-8(16)5-6-3-4-7(12)10(9(6)15)18-11(13)14/h3-4,11H,2,5,15H2,1H3. The second kappa shape index (κ2) is 6.13. The lowest BCUT2D eigenvalue weighted by Crippen LogP contribution is -2.12. The zero-order chi connectivity index (χ0) is 13.7. The third-order valence-electron chi connectivity index (χ3n) is 2.09. The molecule has 0 aliphatic heterocycles. The fourth-order valence-corrected chi connectivity index (χ4v) is 1.34. The molecule has 1 aromatic carbocycles. The van der Waals surface area contributed by atoms with Crippen LogP contribution < -0.4 is 10.5 Å². The van der Waals surface area contributed by atoms with E-state index in [-0.39, 0.29) is 24.3 Å². The third kappa shape index (κ3) is 3.54. The number of carbonyl (C=O) groups is 1. The number of hydrogen-bond acceptors (Lipinski definition) is 4. The van der Waals surface area contributed by atoms with E-state index >= 15 is 0 Å². The molecular formula is C11H12F3NO3. The van der Waals surface area contributed by atoms with Crippen LogP contribution in [0.25, 0.3) is 0 Å². The number of rotatable bonds is 5. The van der Waals surface area contributed by atoms with Gasteiger partial charge in [0, 0.05) is 0 Å². The first-order valence-electron chi connectivity index (χ1n) is 5.13. The molecule has 0 spiro atoms. The van der Waals surface area contributed by atoms with Gasteiger partial charge in [-0.2, -0.15) is 8.78 Å². The predicted molar refractivity (Wildman–Crippen MR) is 57.8 cm³/mol. The van der Waals surface area contributed by atoms with Crippen molar-refractivity contribution in [2.24, 2.45) is 0 Å². The van der Waals surface area contributed by atoms with E-state index in [0.717, 1.165) is 6.07 Å². The van der Waals surface area contributed by atoms with Crippen LogP contribution in [0.4, 0.5) is 18.9 Å². The molecule has 100 valence electrons. The summed E-state index contributed by atoms with van der Waals surface area (Å²) in [4.78, 5) is 11.2. The Bertz CT molecular complexity index is 438. The number of ether oxygens (including phenoxy) is 2. The van der Waals surface area contributed by atoms with Crippen molar-refractivity contribution in [2.45, 2.75) is 20.0 Å². The van der Waals surface area contributed by atoms with Gasteiger partial charge in [0.05, 0.1) is 18.7 Å². The minimum Gasteiger partial charge on any atom is -0.466 e. The van der Waals surface area contributed by atoms with E-state index < -0.39 is 24.1 Å². The minimum atomic E-state index is -3.19. The van der Waals surface area contributed by atoms with Crippen LogP contribution in [0.1, 0.15) is 12.5 Å². The summed E-state index contributed by atoms with van der Waals surface area (Å²) in [6.07, 6.45) is -0.237. The van der Waals surface area contributed by atoms with Gasteiger partial charge in [-0.15, -0.1) is 0 Å². The van der Waals surface area contributed by atoms with Crippen molar-refractivity contribution in [3.8, 4) is 5.75 Å². The molecule has 0 aromatic heterocycles. The number of halogens is 3. The molecule has 0 saturated heterocycles. The van der Waals surface area contributed by atoms with Crippen molar-refractivity contribution >= 4 is 11.7 Å². The van der Waals surface area contributed by atoms with Crippen LogP contribution in [0.5, 0.6) is 5.75 Å². The Morgan fingerprint density at radius 2 is 2.11 bits per heavy atom. The molecule has 0 radical (unpaired) electrons. The second-order valence-corrected chi connectivity index (χ2v) is 3.31. The lowest BCUT2D eigenvalue weighted by Gasteiger charge is -2.12. The van der Waals surface area contributed by atoms with Gasteiger partial charge in [-0.1, -0.05) is 6.07 Å². The van der Waals surface area contributed by atoms with Crippen molar-refractivity contribution in [1.29, 1.82) is 0 Å². The van der Waals surface area contributed by atoms with Crippen LogP contribution >= 0.6 is 0 Å². The summed E-state index contributed by atoms with van der Waals surface area (Å²) in [6, 6.07) is 2.13. The van der Waals surface area contributed by atoms with E-state index in [0.29, 0.717) is 0 Å². The summed E-state index contributed by atoms with van der Waals surface area (Å²) in [6.45, 7) is -1.39. The Balaban J connectivity index is 2.97. The van der Waals surface area contributed by atoms with Gasteiger partial charge in [0.1, 0.15) is 0 Å². The van der Waals surface area contributed by atoms with Crippen LogP contribution in [0.2, 0.25) is 0 Å². The number of hydrogen-bond donors (Lipinski definition) is 1. The first kappa shape index (κ1) is 14.1. The van der Waals surface area contributed by atoms with Gasteiger partial charge < -0.3 is 15.2 Å². The van der Waals surface area contributed by atoms with Crippen LogP contribution in [0.15, 0.2) is 12.1 Å². The Kier molecular flexibility index (Phi) is 4.82. The molecule has 0 heterocycles. The molecule has 1 aromatic rings. The van der Waals surface area contributed by atoms with Gasteiger partial charge in [-0.05, 0) is 18.6 Å². The van der Waals surface area contributed by atoms with Crippen molar-refractivity contribution in [1.82, 2.24) is 0 Å². The maximum absolute atomic E-state index is 13.2. The van der Waals surface area contributed by atoms with Crippen LogP contribution in [-0.2, 0) is 16.0 Å². The predicted octanol–water partition coefficient (Wildman–Crippen LogP) is 2.11. The molecule has 2 N–H and O–H groups in total. The van der Waals surface area contributed by atoms with Gasteiger partial charge in [0.15, 0.2) is 11.6 Å². The highest BCUT2D eigenvalue weighted by Gasteiger charge is 2.18. The van der Waals surface area contributed by atoms with Crippen molar-refractivity contribution in [2.75, 3.05) is 12.3 Å². The maximum atomic E-state index is 13.2. The Hall–Kier alpha value is -1.92. The van der Waals surface area contributed by atoms with E-state index in [4.69, 9.17) is 5.73 Å². The number of nitrogen functional groups attached to an aromatic ring is 1. The Labute approximate surface area is 101 Å². The third-order valence-corrected chi connectivity index (χ3v) is 2.09. The normalized spacial score (nSPS) is 10.5. The fourth-order valence-electron chi connectivity index (χ4n) is 1.34. The van der Waals surface area contributed by atoms with Crippen molar-refractivity contribution < 1.29 is 27.4 Å². The monoisotopic (exact) mass is 263 g/mol. The summed E-state index contributed by atoms with van der Waals surface area (Å²) < 4.78 is 46.0. The van der Waals surface area contributed by atoms with E-state index in [2.05, 4.69) is 9.47 Å². The Morgan fingerprint density at radius 3 is 2.67 bits per heavy atom. The van der Waals surface area contributed by atoms with Gasteiger partial charge in [-0.3, -0.25) is 4.79 Å². The highest BCUT2D eigenvalue weighted by atomic mass is 19.3. The van der Waals surface area contributed by atoms with Crippen LogP contribution in [-0.4, -0.2) is 19.2 Å². The van der Waals surface area contributed by atoms with Crippen LogP contribution in [0, 0.1) is 5.82 Å². The van der Waals surface area contributed by atoms with Crippen molar-refractivity contribution in [3.63, 3.8) is 0 Å². The summed E-state index contributed by atoms with van der Waals surface area (Å²) in [5.74, 6) is -2.36. The number of carbonyl (C=O) groups excluding carboxylic acids is 1. The molecule has 0 aliphatic rings. The van der Waals surface area contributed by atoms with Gasteiger partial charge in [0.25, 0.3) is 0 Å². The zero-order valence-electron chi connectivity index (χ0n) is 9.58. The molecule has 0 saturated carbocycles. The lowest BCUT2D eigenvalue weighted by molar-refractivity contribution is -0.142. The largest absolute Gasteiger partial charge is 0.466 e. The number of esters is 1. The summed E-state index contributed by atoms with van der Waals surface area (Å²) in [5.41, 5.74) is 5.31. The van der Waals surface area contributed by atoms with Crippen molar-refractivity contribution in [3.05, 3.63) is 23.5 Å². The Morgan fingerprint density at radius 1 is 1.44 bits per heavy atom. The average Bonchev–Trinajstić information content (AvgIpc) is 2.28. The summed E-state index contributed by atoms with van der Waals surface area (Å²) in [5, 5.41) is 0. The number of nitrogens with two attached hydrogens (primary N) is 1. The van der Waals surface area contributed by atoms with E-state index in [1.54, 1.807) is 6.92 Å². The number of benzene rings is 1. The fraction of sp³-hybridized carbons (Fsp3) is 0.364. The molecule has 0 fully saturated rings. The first-order valence-corrected chi connectivity index (χ1v) is 5.13. The molecule has 0 aliphatic carbocycles. The quantitative estimate of drug-likeness (QED) is 0.653. The molecule has 7 heteroatoms. The smallest absolute Gasteiger partial charge is 0.387 e. The molecule has 18 heavy (non-hydrogen) atoms. The topological polar surface area (TPSA) is 61.5 Å². The highest BCUT2D eigenvalue weighted by Crippen LogP contribution is 2.30. The van der Waals surface area contributed by atoms with Gasteiger partial charge in [-0.25, -0.2) is 4.39 Å². The molecule has 0 atom stereocenters. The zero-order valence-corrected chi connectivity index (χ0v) is 9.58. The minimum absolute atomic E-state index is 0.172. The average molecular weight is 263 g/mol. The second-order valence-electron chi connectivity index (χ2n) is 3.31. The maximum Gasteiger partial charge on any atom is 0.387 e. The SMILES string of the molecule is CCOC(=O)Cc1ccc(F)c(OC(F)F)c1N. The molecule has 1 rings (SSSR count).